The molecule has 166 valence electrons. The Labute approximate surface area is 186 Å². The van der Waals surface area contributed by atoms with Gasteiger partial charge in [-0.2, -0.15) is 0 Å². The molecule has 3 aliphatic heterocycles. The summed E-state index contributed by atoms with van der Waals surface area (Å²) in [5.74, 6) is 0.767. The number of anilines is 1. The standard InChI is InChI=1S/C24H27N5O3/c1-14-22(25)24(13-32-14)5-7-29(8-6-24)23-18(12-30)27-21-17(28-23)11-26-20(21)16-2-3-19-15(10-16)4-9-31-19/h2-4,9-10,14,22,30H,5-8,11-13,25H2,1H3/t14-,22+/m0/s1. The summed E-state index contributed by atoms with van der Waals surface area (Å²) in [5, 5.41) is 11.1. The van der Waals surface area contributed by atoms with E-state index in [2.05, 4.69) is 17.9 Å². The van der Waals surface area contributed by atoms with Crippen molar-refractivity contribution in [3.05, 3.63) is 53.2 Å². The normalized spacial score (nSPS) is 24.3. The maximum atomic E-state index is 10.1. The number of rotatable bonds is 3. The molecule has 2 fully saturated rings. The third-order valence-electron chi connectivity index (χ3n) is 7.41. The van der Waals surface area contributed by atoms with E-state index < -0.39 is 0 Å². The summed E-state index contributed by atoms with van der Waals surface area (Å²) in [6, 6.07) is 8.00. The highest BCUT2D eigenvalue weighted by molar-refractivity contribution is 6.14. The van der Waals surface area contributed by atoms with Crippen molar-refractivity contribution >= 4 is 22.5 Å². The second-order valence-electron chi connectivity index (χ2n) is 9.18. The smallest absolute Gasteiger partial charge is 0.153 e. The van der Waals surface area contributed by atoms with Gasteiger partial charge in [-0.15, -0.1) is 0 Å². The van der Waals surface area contributed by atoms with Crippen LogP contribution in [0.4, 0.5) is 5.82 Å². The average Bonchev–Trinajstić information content (AvgIpc) is 3.53. The Hall–Kier alpha value is -2.81. The molecule has 8 heteroatoms. The minimum absolute atomic E-state index is 0.0431. The van der Waals surface area contributed by atoms with Crippen molar-refractivity contribution in [1.29, 1.82) is 0 Å². The molecule has 0 unspecified atom stereocenters. The predicted molar refractivity (Wildman–Crippen MR) is 121 cm³/mol. The number of ether oxygens (including phenoxy) is 1. The molecule has 3 aromatic rings. The van der Waals surface area contributed by atoms with Gasteiger partial charge in [0.2, 0.25) is 0 Å². The molecule has 0 amide bonds. The number of fused-ring (bicyclic) bond motifs is 2. The molecular formula is C24H27N5O3. The fourth-order valence-electron chi connectivity index (χ4n) is 5.36. The number of hydrogen-bond acceptors (Lipinski definition) is 8. The summed E-state index contributed by atoms with van der Waals surface area (Å²) < 4.78 is 11.3. The van der Waals surface area contributed by atoms with Crippen molar-refractivity contribution in [2.45, 2.75) is 45.1 Å². The molecule has 1 spiro atoms. The fourth-order valence-corrected chi connectivity index (χ4v) is 5.36. The Morgan fingerprint density at radius 3 is 2.81 bits per heavy atom. The van der Waals surface area contributed by atoms with Crippen molar-refractivity contribution in [2.24, 2.45) is 16.1 Å². The molecule has 2 aromatic heterocycles. The van der Waals surface area contributed by atoms with Crippen LogP contribution in [0.1, 0.15) is 42.4 Å². The van der Waals surface area contributed by atoms with Crippen LogP contribution in [-0.2, 0) is 17.9 Å². The number of piperidine rings is 1. The van der Waals surface area contributed by atoms with Gasteiger partial charge in [-0.05, 0) is 44.0 Å². The van der Waals surface area contributed by atoms with E-state index >= 15 is 0 Å². The van der Waals surface area contributed by atoms with Crippen LogP contribution >= 0.6 is 0 Å². The van der Waals surface area contributed by atoms with Gasteiger partial charge in [-0.3, -0.25) is 4.99 Å². The van der Waals surface area contributed by atoms with Crippen LogP contribution in [0, 0.1) is 5.41 Å². The zero-order valence-corrected chi connectivity index (χ0v) is 18.1. The minimum Gasteiger partial charge on any atom is -0.464 e. The molecule has 32 heavy (non-hydrogen) atoms. The summed E-state index contributed by atoms with van der Waals surface area (Å²) in [4.78, 5) is 16.7. The molecule has 3 aliphatic rings. The Balaban J connectivity index is 1.28. The number of aromatic nitrogens is 2. The summed E-state index contributed by atoms with van der Waals surface area (Å²) in [5.41, 5.74) is 11.4. The Morgan fingerprint density at radius 1 is 1.22 bits per heavy atom. The van der Waals surface area contributed by atoms with Gasteiger partial charge in [-0.25, -0.2) is 9.97 Å². The zero-order valence-electron chi connectivity index (χ0n) is 18.1. The molecule has 2 saturated heterocycles. The first-order valence-electron chi connectivity index (χ1n) is 11.2. The number of furan rings is 1. The van der Waals surface area contributed by atoms with Crippen LogP contribution in [0.15, 0.2) is 39.9 Å². The Morgan fingerprint density at radius 2 is 2.06 bits per heavy atom. The molecule has 6 rings (SSSR count). The van der Waals surface area contributed by atoms with Crippen molar-refractivity contribution in [3.8, 4) is 0 Å². The highest BCUT2D eigenvalue weighted by Crippen LogP contribution is 2.42. The number of nitrogens with zero attached hydrogens (tertiary/aromatic N) is 4. The third-order valence-corrected chi connectivity index (χ3v) is 7.41. The minimum atomic E-state index is -0.162. The largest absolute Gasteiger partial charge is 0.464 e. The zero-order chi connectivity index (χ0) is 21.9. The molecule has 2 atom stereocenters. The lowest BCUT2D eigenvalue weighted by atomic mass is 9.73. The van der Waals surface area contributed by atoms with Gasteiger partial charge in [0.15, 0.2) is 5.82 Å². The number of hydrogen-bond donors (Lipinski definition) is 2. The first-order valence-corrected chi connectivity index (χ1v) is 11.2. The molecule has 1 aromatic carbocycles. The van der Waals surface area contributed by atoms with Gasteiger partial charge in [0.25, 0.3) is 0 Å². The molecule has 0 radical (unpaired) electrons. The van der Waals surface area contributed by atoms with Crippen LogP contribution in [0.2, 0.25) is 0 Å². The van der Waals surface area contributed by atoms with E-state index in [1.807, 2.05) is 18.2 Å². The Kier molecular flexibility index (Phi) is 4.57. The van der Waals surface area contributed by atoms with E-state index in [0.29, 0.717) is 12.2 Å². The quantitative estimate of drug-likeness (QED) is 0.653. The van der Waals surface area contributed by atoms with Crippen LogP contribution in [0.5, 0.6) is 0 Å². The molecule has 5 heterocycles. The molecule has 0 saturated carbocycles. The van der Waals surface area contributed by atoms with E-state index in [1.54, 1.807) is 6.26 Å². The summed E-state index contributed by atoms with van der Waals surface area (Å²) in [7, 11) is 0. The topological polar surface area (TPSA) is 110 Å². The summed E-state index contributed by atoms with van der Waals surface area (Å²) in [6.07, 6.45) is 3.69. The number of nitrogens with two attached hydrogens (primary N) is 1. The molecular weight excluding hydrogens is 406 g/mol. The maximum Gasteiger partial charge on any atom is 0.153 e. The SMILES string of the molecule is C[C@@H]1OCC2(CCN(c3nc4c(nc3CO)C(c3ccc5occc5c3)=NC4)CC2)[C@@H]1N. The highest BCUT2D eigenvalue weighted by atomic mass is 16.5. The van der Waals surface area contributed by atoms with E-state index in [1.165, 1.54) is 0 Å². The van der Waals surface area contributed by atoms with Crippen molar-refractivity contribution in [2.75, 3.05) is 24.6 Å². The number of aliphatic hydroxyl groups is 1. The number of aliphatic hydroxyl groups excluding tert-OH is 1. The lowest BCUT2D eigenvalue weighted by Crippen LogP contribution is -2.51. The number of aliphatic imine (C=N–C) groups is 1. The molecule has 0 bridgehead atoms. The molecule has 8 nitrogen and oxygen atoms in total. The van der Waals surface area contributed by atoms with Crippen LogP contribution in [-0.4, -0.2) is 52.6 Å². The highest BCUT2D eigenvalue weighted by Gasteiger charge is 2.47. The predicted octanol–water partition coefficient (Wildman–Crippen LogP) is 2.40. The van der Waals surface area contributed by atoms with Crippen LogP contribution in [0.3, 0.4) is 0 Å². The third kappa shape index (κ3) is 2.97. The van der Waals surface area contributed by atoms with E-state index in [9.17, 15) is 5.11 Å². The summed E-state index contributed by atoms with van der Waals surface area (Å²) in [6.45, 7) is 4.77. The van der Waals surface area contributed by atoms with E-state index in [0.717, 1.165) is 72.0 Å². The summed E-state index contributed by atoms with van der Waals surface area (Å²) >= 11 is 0. The second-order valence-corrected chi connectivity index (χ2v) is 9.18. The monoisotopic (exact) mass is 433 g/mol. The molecule has 0 aliphatic carbocycles. The second kappa shape index (κ2) is 7.37. The van der Waals surface area contributed by atoms with Gasteiger partial charge < -0.3 is 24.9 Å². The van der Waals surface area contributed by atoms with Gasteiger partial charge in [0.1, 0.15) is 17.0 Å². The van der Waals surface area contributed by atoms with Crippen molar-refractivity contribution in [3.63, 3.8) is 0 Å². The number of benzene rings is 1. The van der Waals surface area contributed by atoms with Crippen molar-refractivity contribution < 1.29 is 14.3 Å². The average molecular weight is 434 g/mol. The first kappa shape index (κ1) is 19.8. The van der Waals surface area contributed by atoms with Gasteiger partial charge in [0, 0.05) is 35.5 Å². The van der Waals surface area contributed by atoms with E-state index in [4.69, 9.17) is 29.8 Å². The van der Waals surface area contributed by atoms with Crippen LogP contribution < -0.4 is 10.6 Å². The lowest BCUT2D eigenvalue weighted by molar-refractivity contribution is 0.0973. The fraction of sp³-hybridized carbons (Fsp3) is 0.458. The van der Waals surface area contributed by atoms with Gasteiger partial charge in [0.05, 0.1) is 43.5 Å². The molecule has 3 N–H and O–H groups in total. The first-order chi connectivity index (χ1) is 15.6. The lowest BCUT2D eigenvalue weighted by Gasteiger charge is -2.42. The van der Waals surface area contributed by atoms with Crippen molar-refractivity contribution in [1.82, 2.24) is 9.97 Å². The van der Waals surface area contributed by atoms with Gasteiger partial charge in [-0.1, -0.05) is 0 Å². The maximum absolute atomic E-state index is 10.1. The van der Waals surface area contributed by atoms with Crippen LogP contribution in [0.25, 0.3) is 11.0 Å². The van der Waals surface area contributed by atoms with E-state index in [-0.39, 0.29) is 24.2 Å². The Bertz CT molecular complexity index is 1210. The van der Waals surface area contributed by atoms with Gasteiger partial charge >= 0.3 is 0 Å².